The molecule has 1 saturated heterocycles. The van der Waals surface area contributed by atoms with Gasteiger partial charge in [0.15, 0.2) is 0 Å². The number of hydrogen-bond acceptors (Lipinski definition) is 3. The molecular weight excluding hydrogens is 216 g/mol. The zero-order valence-corrected chi connectivity index (χ0v) is 10.6. The predicted octanol–water partition coefficient (Wildman–Crippen LogP) is 3.18. The molecule has 0 N–H and O–H groups in total. The van der Waals surface area contributed by atoms with E-state index in [1.165, 1.54) is 19.3 Å². The third-order valence-corrected chi connectivity index (χ3v) is 3.06. The van der Waals surface area contributed by atoms with Gasteiger partial charge in [-0.25, -0.2) is 0 Å². The predicted molar refractivity (Wildman–Crippen MR) is 66.6 cm³/mol. The fourth-order valence-electron chi connectivity index (χ4n) is 2.09. The van der Waals surface area contributed by atoms with Crippen LogP contribution in [0, 0.1) is 0 Å². The lowest BCUT2D eigenvalue weighted by atomic mass is 10.00. The number of unbranched alkanes of at least 4 members (excludes halogenated alkanes) is 3. The van der Waals surface area contributed by atoms with Gasteiger partial charge in [-0.2, -0.15) is 0 Å². The molecule has 0 spiro atoms. The summed E-state index contributed by atoms with van der Waals surface area (Å²) in [6.07, 6.45) is 10.2. The van der Waals surface area contributed by atoms with Gasteiger partial charge in [0.05, 0.1) is 0 Å². The summed E-state index contributed by atoms with van der Waals surface area (Å²) in [5, 5.41) is 0. The molecule has 1 unspecified atom stereocenters. The summed E-state index contributed by atoms with van der Waals surface area (Å²) < 4.78 is 5.25. The molecule has 0 aliphatic carbocycles. The molecule has 1 rings (SSSR count). The van der Waals surface area contributed by atoms with Gasteiger partial charge in [-0.15, -0.1) is 0 Å². The normalized spacial score (nSPS) is 20.4. The van der Waals surface area contributed by atoms with Gasteiger partial charge in [0.2, 0.25) is 0 Å². The van der Waals surface area contributed by atoms with Crippen LogP contribution in [0.15, 0.2) is 11.6 Å². The monoisotopic (exact) mass is 238 g/mol. The first-order chi connectivity index (χ1) is 8.27. The van der Waals surface area contributed by atoms with Gasteiger partial charge in [-0.1, -0.05) is 25.8 Å². The van der Waals surface area contributed by atoms with Crippen molar-refractivity contribution in [2.45, 2.75) is 64.4 Å². The maximum Gasteiger partial charge on any atom is 0.306 e. The molecule has 0 amide bonds. The lowest BCUT2D eigenvalue weighted by molar-refractivity contribution is -0.140. The van der Waals surface area contributed by atoms with Crippen LogP contribution in [0.2, 0.25) is 0 Å². The Morgan fingerprint density at radius 1 is 1.41 bits per heavy atom. The second-order valence-electron chi connectivity index (χ2n) is 4.50. The van der Waals surface area contributed by atoms with Gasteiger partial charge in [0.25, 0.3) is 0 Å². The first-order valence-electron chi connectivity index (χ1n) is 6.60. The first kappa shape index (κ1) is 13.9. The van der Waals surface area contributed by atoms with E-state index in [9.17, 15) is 9.59 Å². The average Bonchev–Trinajstić information content (AvgIpc) is 2.75. The van der Waals surface area contributed by atoms with Crippen molar-refractivity contribution in [2.24, 2.45) is 0 Å². The second-order valence-corrected chi connectivity index (χ2v) is 4.50. The third-order valence-electron chi connectivity index (χ3n) is 3.06. The molecule has 0 bridgehead atoms. The van der Waals surface area contributed by atoms with Gasteiger partial charge >= 0.3 is 5.97 Å². The zero-order chi connectivity index (χ0) is 12.5. The number of carbonyl (C=O) groups excluding carboxylic acids is 2. The SMILES string of the molecule is CCCCC/C=C(\CCC=O)C1CCC(=O)O1. The first-order valence-corrected chi connectivity index (χ1v) is 6.60. The lowest BCUT2D eigenvalue weighted by Crippen LogP contribution is -2.11. The van der Waals surface area contributed by atoms with E-state index in [2.05, 4.69) is 13.0 Å². The summed E-state index contributed by atoms with van der Waals surface area (Å²) in [5.41, 5.74) is 1.14. The Labute approximate surface area is 103 Å². The Kier molecular flexibility index (Phi) is 6.60. The molecule has 0 aromatic carbocycles. The van der Waals surface area contributed by atoms with Gasteiger partial charge < -0.3 is 9.53 Å². The molecule has 1 aliphatic rings. The van der Waals surface area contributed by atoms with Crippen molar-refractivity contribution in [3.8, 4) is 0 Å². The van der Waals surface area contributed by atoms with Crippen LogP contribution in [0.25, 0.3) is 0 Å². The van der Waals surface area contributed by atoms with Crippen LogP contribution in [0.4, 0.5) is 0 Å². The summed E-state index contributed by atoms with van der Waals surface area (Å²) in [4.78, 5) is 21.5. The van der Waals surface area contributed by atoms with Gasteiger partial charge in [0, 0.05) is 12.8 Å². The van der Waals surface area contributed by atoms with Crippen molar-refractivity contribution in [2.75, 3.05) is 0 Å². The summed E-state index contributed by atoms with van der Waals surface area (Å²) in [6, 6.07) is 0. The minimum atomic E-state index is -0.111. The molecule has 96 valence electrons. The maximum atomic E-state index is 11.1. The largest absolute Gasteiger partial charge is 0.458 e. The Balaban J connectivity index is 2.46. The van der Waals surface area contributed by atoms with Gasteiger partial charge in [-0.3, -0.25) is 4.79 Å². The Morgan fingerprint density at radius 3 is 2.82 bits per heavy atom. The fraction of sp³-hybridized carbons (Fsp3) is 0.714. The van der Waals surface area contributed by atoms with Crippen LogP contribution in [0.5, 0.6) is 0 Å². The topological polar surface area (TPSA) is 43.4 Å². The molecule has 1 atom stereocenters. The van der Waals surface area contributed by atoms with Crippen LogP contribution in [-0.4, -0.2) is 18.4 Å². The highest BCUT2D eigenvalue weighted by Gasteiger charge is 2.25. The minimum absolute atomic E-state index is 0.0657. The number of carbonyl (C=O) groups is 2. The number of allylic oxidation sites excluding steroid dienone is 1. The minimum Gasteiger partial charge on any atom is -0.458 e. The van der Waals surface area contributed by atoms with E-state index in [-0.39, 0.29) is 12.1 Å². The highest BCUT2D eigenvalue weighted by Crippen LogP contribution is 2.24. The highest BCUT2D eigenvalue weighted by molar-refractivity contribution is 5.72. The molecule has 17 heavy (non-hydrogen) atoms. The van der Waals surface area contributed by atoms with Crippen LogP contribution in [-0.2, 0) is 14.3 Å². The number of ether oxygens (including phenoxy) is 1. The summed E-state index contributed by atoms with van der Waals surface area (Å²) in [6.45, 7) is 2.18. The highest BCUT2D eigenvalue weighted by atomic mass is 16.5. The molecule has 3 nitrogen and oxygen atoms in total. The lowest BCUT2D eigenvalue weighted by Gasteiger charge is -2.13. The zero-order valence-electron chi connectivity index (χ0n) is 10.6. The Morgan fingerprint density at radius 2 is 2.24 bits per heavy atom. The van der Waals surface area contributed by atoms with Gasteiger partial charge in [0.1, 0.15) is 12.4 Å². The summed E-state index contributed by atoms with van der Waals surface area (Å²) >= 11 is 0. The third kappa shape index (κ3) is 5.16. The molecule has 3 heteroatoms. The second kappa shape index (κ2) is 8.04. The molecule has 0 radical (unpaired) electrons. The van der Waals surface area contributed by atoms with Crippen molar-refractivity contribution in [1.29, 1.82) is 0 Å². The maximum absolute atomic E-state index is 11.1. The molecule has 0 aromatic heterocycles. The van der Waals surface area contributed by atoms with Crippen LogP contribution in [0.3, 0.4) is 0 Å². The van der Waals surface area contributed by atoms with E-state index in [1.807, 2.05) is 0 Å². The average molecular weight is 238 g/mol. The smallest absolute Gasteiger partial charge is 0.306 e. The molecule has 1 aliphatic heterocycles. The van der Waals surface area contributed by atoms with Crippen molar-refractivity contribution >= 4 is 12.3 Å². The molecule has 0 aromatic rings. The number of rotatable bonds is 8. The quantitative estimate of drug-likeness (QED) is 0.282. The van der Waals surface area contributed by atoms with Crippen molar-refractivity contribution in [1.82, 2.24) is 0 Å². The standard InChI is InChI=1S/C14H22O3/c1-2-3-4-5-7-12(8-6-11-15)13-9-10-14(16)17-13/h7,11,13H,2-6,8-10H2,1H3/b12-7+. The van der Waals surface area contributed by atoms with E-state index in [4.69, 9.17) is 4.74 Å². The van der Waals surface area contributed by atoms with E-state index >= 15 is 0 Å². The fourth-order valence-corrected chi connectivity index (χ4v) is 2.09. The molecule has 1 fully saturated rings. The molecular formula is C14H22O3. The van der Waals surface area contributed by atoms with E-state index in [0.29, 0.717) is 12.8 Å². The van der Waals surface area contributed by atoms with E-state index in [1.54, 1.807) is 0 Å². The van der Waals surface area contributed by atoms with Crippen LogP contribution < -0.4 is 0 Å². The van der Waals surface area contributed by atoms with Crippen LogP contribution >= 0.6 is 0 Å². The molecule has 1 heterocycles. The van der Waals surface area contributed by atoms with Crippen molar-refractivity contribution in [3.63, 3.8) is 0 Å². The number of esters is 1. The Hall–Kier alpha value is -1.12. The Bertz CT molecular complexity index is 281. The van der Waals surface area contributed by atoms with Crippen molar-refractivity contribution in [3.05, 3.63) is 11.6 Å². The van der Waals surface area contributed by atoms with Gasteiger partial charge in [-0.05, 0) is 31.3 Å². The van der Waals surface area contributed by atoms with E-state index < -0.39 is 0 Å². The number of aldehydes is 1. The molecule has 0 saturated carbocycles. The number of cyclic esters (lactones) is 1. The van der Waals surface area contributed by atoms with Crippen LogP contribution in [0.1, 0.15) is 58.3 Å². The summed E-state index contributed by atoms with van der Waals surface area (Å²) in [7, 11) is 0. The number of hydrogen-bond donors (Lipinski definition) is 0. The van der Waals surface area contributed by atoms with E-state index in [0.717, 1.165) is 31.1 Å². The van der Waals surface area contributed by atoms with Crippen molar-refractivity contribution < 1.29 is 14.3 Å². The summed E-state index contributed by atoms with van der Waals surface area (Å²) in [5.74, 6) is -0.111.